The Kier molecular flexibility index (Phi) is 13.1. The Hall–Kier alpha value is 1.18. The van der Waals surface area contributed by atoms with Crippen molar-refractivity contribution in [3.63, 3.8) is 0 Å². The molecule has 0 saturated heterocycles. The van der Waals surface area contributed by atoms with Crippen LogP contribution in [-0.4, -0.2) is 51.0 Å². The van der Waals surface area contributed by atoms with Gasteiger partial charge in [-0.2, -0.15) is 0 Å². The predicted molar refractivity (Wildman–Crippen MR) is 68.6 cm³/mol. The smallest absolute Gasteiger partial charge is 0.854 e. The fourth-order valence-corrected chi connectivity index (χ4v) is 2.71. The summed E-state index contributed by atoms with van der Waals surface area (Å²) in [5.74, 6) is 1.06. The van der Waals surface area contributed by atoms with Gasteiger partial charge in [0.05, 0.1) is 0 Å². The molecule has 0 amide bonds. The fourth-order valence-electron chi connectivity index (χ4n) is 2.71. The summed E-state index contributed by atoms with van der Waals surface area (Å²) in [7, 11) is 0. The zero-order valence-electron chi connectivity index (χ0n) is 11.2. The van der Waals surface area contributed by atoms with Gasteiger partial charge in [-0.3, -0.25) is 0 Å². The summed E-state index contributed by atoms with van der Waals surface area (Å²) in [5.41, 5.74) is 0. The van der Waals surface area contributed by atoms with E-state index in [-0.39, 0.29) is 51.0 Å². The molecule has 17 heavy (non-hydrogen) atoms. The molecule has 0 radical (unpaired) electrons. The van der Waals surface area contributed by atoms with Gasteiger partial charge in [0.2, 0.25) is 0 Å². The van der Waals surface area contributed by atoms with Gasteiger partial charge in [0.15, 0.2) is 0 Å². The van der Waals surface area contributed by atoms with E-state index in [0.29, 0.717) is 11.8 Å². The zero-order valence-corrected chi connectivity index (χ0v) is 13.4. The summed E-state index contributed by atoms with van der Waals surface area (Å²) in [4.78, 5) is 0. The van der Waals surface area contributed by atoms with E-state index >= 15 is 0 Å². The van der Waals surface area contributed by atoms with Gasteiger partial charge in [-0.05, 0) is 0 Å². The summed E-state index contributed by atoms with van der Waals surface area (Å²) in [6, 6.07) is 0. The van der Waals surface area contributed by atoms with E-state index in [4.69, 9.17) is 0 Å². The number of hydrogen-bond acceptors (Lipinski definition) is 2. The van der Waals surface area contributed by atoms with Crippen molar-refractivity contribution in [1.82, 2.24) is 0 Å². The van der Waals surface area contributed by atoms with E-state index in [1.807, 2.05) is 0 Å². The quantitative estimate of drug-likeness (QED) is 0.711. The maximum Gasteiger partial charge on any atom is 2.00 e. The second kappa shape index (κ2) is 12.2. The van der Waals surface area contributed by atoms with E-state index in [2.05, 4.69) is 0 Å². The first-order chi connectivity index (χ1) is 7.86. The van der Waals surface area contributed by atoms with Crippen LogP contribution >= 0.6 is 0 Å². The molecule has 0 spiro atoms. The summed E-state index contributed by atoms with van der Waals surface area (Å²) < 4.78 is 0. The molecule has 0 aromatic heterocycles. The van der Waals surface area contributed by atoms with Crippen molar-refractivity contribution in [1.29, 1.82) is 0 Å². The monoisotopic (exact) mass is 266 g/mol. The Morgan fingerprint density at radius 3 is 1.06 bits per heavy atom. The third-order valence-electron chi connectivity index (χ3n) is 3.92. The predicted octanol–water partition coefficient (Wildman–Crippen LogP) is 1.47. The molecule has 2 aliphatic carbocycles. The molecule has 2 saturated carbocycles. The van der Waals surface area contributed by atoms with E-state index in [1.54, 1.807) is 0 Å². The van der Waals surface area contributed by atoms with Crippen molar-refractivity contribution in [2.24, 2.45) is 11.8 Å². The Bertz CT molecular complexity index is 134. The third-order valence-corrected chi connectivity index (χ3v) is 3.92. The zero-order chi connectivity index (χ0) is 11.6. The van der Waals surface area contributed by atoms with Gasteiger partial charge in [-0.15, -0.1) is 13.2 Å². The van der Waals surface area contributed by atoms with Crippen molar-refractivity contribution in [2.75, 3.05) is 13.2 Å². The van der Waals surface area contributed by atoms with Crippen LogP contribution in [0.25, 0.3) is 0 Å². The topological polar surface area (TPSA) is 46.1 Å². The molecule has 0 bridgehead atoms. The van der Waals surface area contributed by atoms with Crippen LogP contribution in [0.5, 0.6) is 0 Å². The Morgan fingerprint density at radius 2 is 0.882 bits per heavy atom. The summed E-state index contributed by atoms with van der Waals surface area (Å²) >= 11 is 0. The molecule has 0 aromatic carbocycles. The molecule has 2 rings (SSSR count). The first-order valence-electron chi connectivity index (χ1n) is 7.03. The molecule has 0 aliphatic heterocycles. The third kappa shape index (κ3) is 8.82. The van der Waals surface area contributed by atoms with Crippen molar-refractivity contribution < 1.29 is 10.2 Å². The summed E-state index contributed by atoms with van der Waals surface area (Å²) in [5, 5.41) is 20.6. The Labute approximate surface area is 136 Å². The first-order valence-corrected chi connectivity index (χ1v) is 7.03. The van der Waals surface area contributed by atoms with E-state index in [1.165, 1.54) is 64.2 Å². The molecule has 2 aliphatic rings. The molecule has 0 aromatic rings. The number of rotatable bonds is 2. The molecule has 3 heteroatoms. The van der Waals surface area contributed by atoms with Gasteiger partial charge >= 0.3 is 37.7 Å². The molecule has 0 N–H and O–H groups in total. The molecular weight excluding hydrogens is 240 g/mol. The van der Waals surface area contributed by atoms with Gasteiger partial charge in [-0.1, -0.05) is 76.0 Å². The SMILES string of the molecule is [Ca+2].[O-]CC1CCCCC1.[O-]CC1CCCCC1. The van der Waals surface area contributed by atoms with Crippen molar-refractivity contribution in [3.05, 3.63) is 0 Å². The average Bonchev–Trinajstić information content (AvgIpc) is 2.41. The number of hydrogen-bond donors (Lipinski definition) is 0. The van der Waals surface area contributed by atoms with Gasteiger partial charge in [0.25, 0.3) is 0 Å². The molecule has 0 heterocycles. The van der Waals surface area contributed by atoms with Crippen molar-refractivity contribution in [3.8, 4) is 0 Å². The minimum Gasteiger partial charge on any atom is -0.854 e. The normalized spacial score (nSPS) is 22.2. The molecule has 96 valence electrons. The minimum absolute atomic E-state index is 0. The van der Waals surface area contributed by atoms with Gasteiger partial charge in [0, 0.05) is 0 Å². The molecule has 2 fully saturated rings. The van der Waals surface area contributed by atoms with Crippen molar-refractivity contribution >= 4 is 37.7 Å². The van der Waals surface area contributed by atoms with E-state index < -0.39 is 0 Å². The van der Waals surface area contributed by atoms with E-state index in [9.17, 15) is 10.2 Å². The van der Waals surface area contributed by atoms with E-state index in [0.717, 1.165) is 0 Å². The van der Waals surface area contributed by atoms with Gasteiger partial charge in [0.1, 0.15) is 0 Å². The van der Waals surface area contributed by atoms with Crippen molar-refractivity contribution in [2.45, 2.75) is 64.2 Å². The minimum atomic E-state index is 0. The first kappa shape index (κ1) is 18.2. The standard InChI is InChI=1S/2C7H13O.Ca/c2*8-6-7-4-2-1-3-5-7;/h2*7H,1-6H2;/q2*-1;+2. The Balaban J connectivity index is 0.000000284. The second-order valence-electron chi connectivity index (χ2n) is 5.34. The average molecular weight is 266 g/mol. The van der Waals surface area contributed by atoms with Crippen LogP contribution in [0.4, 0.5) is 0 Å². The van der Waals surface area contributed by atoms with Crippen LogP contribution in [-0.2, 0) is 0 Å². The Morgan fingerprint density at radius 1 is 0.588 bits per heavy atom. The van der Waals surface area contributed by atoms with Crippen LogP contribution in [0.2, 0.25) is 0 Å². The maximum atomic E-state index is 10.3. The second-order valence-corrected chi connectivity index (χ2v) is 5.34. The van der Waals surface area contributed by atoms with Crippen LogP contribution < -0.4 is 10.2 Å². The molecule has 2 nitrogen and oxygen atoms in total. The van der Waals surface area contributed by atoms with Crippen LogP contribution in [0.15, 0.2) is 0 Å². The largest absolute Gasteiger partial charge is 2.00 e. The van der Waals surface area contributed by atoms with Crippen LogP contribution in [0.3, 0.4) is 0 Å². The summed E-state index contributed by atoms with van der Waals surface area (Å²) in [6.07, 6.45) is 12.7. The fraction of sp³-hybridized carbons (Fsp3) is 1.00. The molecule has 0 atom stereocenters. The van der Waals surface area contributed by atoms with Gasteiger partial charge in [-0.25, -0.2) is 0 Å². The van der Waals surface area contributed by atoms with Gasteiger partial charge < -0.3 is 10.2 Å². The molecule has 0 unspecified atom stereocenters. The van der Waals surface area contributed by atoms with Crippen LogP contribution in [0.1, 0.15) is 64.2 Å². The summed E-state index contributed by atoms with van der Waals surface area (Å²) in [6.45, 7) is 0.333. The molecular formula is C14H26CaO2. The maximum absolute atomic E-state index is 10.3. The van der Waals surface area contributed by atoms with Crippen LogP contribution in [0, 0.1) is 11.8 Å².